The lowest BCUT2D eigenvalue weighted by molar-refractivity contribution is 0.0937. The Morgan fingerprint density at radius 3 is 2.52 bits per heavy atom. The van der Waals surface area contributed by atoms with Crippen molar-refractivity contribution in [3.05, 3.63) is 66.5 Å². The number of amides is 1. The lowest BCUT2D eigenvalue weighted by Gasteiger charge is -2.10. The standard InChI is InChI=1S/C21H22N4O5S/c1-29-11-10-22-21(26)16-4-3-5-18(12-16)31(27,28)25-20-13-19(23-14-24-20)15-6-8-17(30-2)9-7-15/h3-9,12-14H,10-11H2,1-2H3,(H,22,26)(H,23,24,25). The number of hydrogen-bond donors (Lipinski definition) is 2. The van der Waals surface area contributed by atoms with E-state index in [2.05, 4.69) is 20.0 Å². The molecule has 1 aromatic heterocycles. The number of aromatic nitrogens is 2. The van der Waals surface area contributed by atoms with E-state index in [-0.39, 0.29) is 16.3 Å². The molecule has 3 aromatic rings. The Morgan fingerprint density at radius 1 is 1.03 bits per heavy atom. The maximum Gasteiger partial charge on any atom is 0.263 e. The van der Waals surface area contributed by atoms with Crippen LogP contribution in [0.25, 0.3) is 11.3 Å². The van der Waals surface area contributed by atoms with Crippen LogP contribution in [0.4, 0.5) is 5.82 Å². The predicted octanol–water partition coefficient (Wildman–Crippen LogP) is 2.33. The Balaban J connectivity index is 1.79. The molecule has 1 amide bonds. The maximum atomic E-state index is 12.8. The number of hydrogen-bond acceptors (Lipinski definition) is 7. The summed E-state index contributed by atoms with van der Waals surface area (Å²) in [6, 6.07) is 14.5. The first-order chi connectivity index (χ1) is 14.9. The second-order valence-corrected chi connectivity index (χ2v) is 8.08. The Labute approximate surface area is 180 Å². The monoisotopic (exact) mass is 442 g/mol. The van der Waals surface area contributed by atoms with Gasteiger partial charge in [0.1, 0.15) is 17.9 Å². The zero-order valence-electron chi connectivity index (χ0n) is 17.0. The number of methoxy groups -OCH3 is 2. The number of rotatable bonds is 9. The number of nitrogens with one attached hydrogen (secondary N) is 2. The van der Waals surface area contributed by atoms with Crippen LogP contribution >= 0.6 is 0 Å². The van der Waals surface area contributed by atoms with Gasteiger partial charge in [0.15, 0.2) is 0 Å². The fourth-order valence-electron chi connectivity index (χ4n) is 2.70. The molecule has 10 heteroatoms. The average Bonchev–Trinajstić information content (AvgIpc) is 2.79. The van der Waals surface area contributed by atoms with Gasteiger partial charge in [-0.25, -0.2) is 18.4 Å². The summed E-state index contributed by atoms with van der Waals surface area (Å²) in [5.74, 6) is 0.415. The number of carbonyl (C=O) groups is 1. The Morgan fingerprint density at radius 2 is 1.81 bits per heavy atom. The second-order valence-electron chi connectivity index (χ2n) is 6.40. The first-order valence-corrected chi connectivity index (χ1v) is 10.8. The molecule has 2 N–H and O–H groups in total. The topological polar surface area (TPSA) is 120 Å². The van der Waals surface area contributed by atoms with Crippen LogP contribution in [-0.4, -0.2) is 51.7 Å². The highest BCUT2D eigenvalue weighted by molar-refractivity contribution is 7.92. The molecule has 162 valence electrons. The van der Waals surface area contributed by atoms with E-state index < -0.39 is 15.9 Å². The van der Waals surface area contributed by atoms with Gasteiger partial charge in [0.05, 0.1) is 24.3 Å². The molecule has 9 nitrogen and oxygen atoms in total. The Hall–Kier alpha value is -3.50. The van der Waals surface area contributed by atoms with E-state index in [0.29, 0.717) is 24.6 Å². The van der Waals surface area contributed by atoms with E-state index in [1.165, 1.54) is 43.8 Å². The third kappa shape index (κ3) is 5.77. The molecule has 0 aliphatic carbocycles. The Kier molecular flexibility index (Phi) is 7.16. The van der Waals surface area contributed by atoms with Crippen molar-refractivity contribution in [2.45, 2.75) is 4.90 Å². The molecule has 0 aliphatic rings. The van der Waals surface area contributed by atoms with Crippen molar-refractivity contribution in [2.24, 2.45) is 0 Å². The highest BCUT2D eigenvalue weighted by atomic mass is 32.2. The summed E-state index contributed by atoms with van der Waals surface area (Å²) in [5.41, 5.74) is 1.54. The van der Waals surface area contributed by atoms with E-state index in [4.69, 9.17) is 9.47 Å². The first kappa shape index (κ1) is 22.2. The van der Waals surface area contributed by atoms with Crippen molar-refractivity contribution < 1.29 is 22.7 Å². The summed E-state index contributed by atoms with van der Waals surface area (Å²) < 4.78 is 38.1. The van der Waals surface area contributed by atoms with Gasteiger partial charge in [-0.1, -0.05) is 6.07 Å². The molecule has 3 rings (SSSR count). The highest BCUT2D eigenvalue weighted by Gasteiger charge is 2.17. The lowest BCUT2D eigenvalue weighted by atomic mass is 10.1. The molecule has 2 aromatic carbocycles. The van der Waals surface area contributed by atoms with Crippen LogP contribution in [0.5, 0.6) is 5.75 Å². The smallest absolute Gasteiger partial charge is 0.263 e. The van der Waals surface area contributed by atoms with Gasteiger partial charge in [-0.15, -0.1) is 0 Å². The van der Waals surface area contributed by atoms with Gasteiger partial charge < -0.3 is 14.8 Å². The third-order valence-corrected chi connectivity index (χ3v) is 5.64. The fourth-order valence-corrected chi connectivity index (χ4v) is 3.75. The van der Waals surface area contributed by atoms with Crippen LogP contribution in [0.15, 0.2) is 65.8 Å². The van der Waals surface area contributed by atoms with Gasteiger partial charge in [0, 0.05) is 30.8 Å². The van der Waals surface area contributed by atoms with E-state index in [9.17, 15) is 13.2 Å². The van der Waals surface area contributed by atoms with E-state index >= 15 is 0 Å². The largest absolute Gasteiger partial charge is 0.497 e. The Bertz CT molecular complexity index is 1150. The predicted molar refractivity (Wildman–Crippen MR) is 115 cm³/mol. The molecule has 0 bridgehead atoms. The van der Waals surface area contributed by atoms with E-state index in [1.807, 2.05) is 12.1 Å². The van der Waals surface area contributed by atoms with Gasteiger partial charge >= 0.3 is 0 Å². The molecule has 1 heterocycles. The van der Waals surface area contributed by atoms with Crippen molar-refractivity contribution >= 4 is 21.7 Å². The zero-order valence-corrected chi connectivity index (χ0v) is 17.8. The number of anilines is 1. The van der Waals surface area contributed by atoms with Crippen molar-refractivity contribution in [3.63, 3.8) is 0 Å². The summed E-state index contributed by atoms with van der Waals surface area (Å²) in [6.45, 7) is 0.676. The fraction of sp³-hybridized carbons (Fsp3) is 0.190. The molecule has 31 heavy (non-hydrogen) atoms. The minimum atomic E-state index is -3.97. The SMILES string of the molecule is COCCNC(=O)c1cccc(S(=O)(=O)Nc2cc(-c3ccc(OC)cc3)ncn2)c1. The average molecular weight is 442 g/mol. The molecular formula is C21H22N4O5S. The molecule has 0 radical (unpaired) electrons. The van der Waals surface area contributed by atoms with Gasteiger partial charge in [-0.2, -0.15) is 0 Å². The number of sulfonamides is 1. The van der Waals surface area contributed by atoms with Gasteiger partial charge in [0.25, 0.3) is 15.9 Å². The minimum Gasteiger partial charge on any atom is -0.497 e. The number of nitrogens with zero attached hydrogens (tertiary/aromatic N) is 2. The van der Waals surface area contributed by atoms with Crippen LogP contribution in [0.3, 0.4) is 0 Å². The highest BCUT2D eigenvalue weighted by Crippen LogP contribution is 2.23. The number of benzene rings is 2. The molecule has 0 unspecified atom stereocenters. The minimum absolute atomic E-state index is 0.0588. The van der Waals surface area contributed by atoms with Gasteiger partial charge in [-0.05, 0) is 42.5 Å². The van der Waals surface area contributed by atoms with Crippen LogP contribution < -0.4 is 14.8 Å². The number of ether oxygens (including phenoxy) is 2. The summed E-state index contributed by atoms with van der Waals surface area (Å²) in [5, 5.41) is 2.65. The summed E-state index contributed by atoms with van der Waals surface area (Å²) in [4.78, 5) is 20.3. The van der Waals surface area contributed by atoms with Crippen LogP contribution in [-0.2, 0) is 14.8 Å². The summed E-state index contributed by atoms with van der Waals surface area (Å²) in [7, 11) is -0.869. The molecule has 0 spiro atoms. The van der Waals surface area contributed by atoms with E-state index in [1.54, 1.807) is 19.2 Å². The molecule has 0 saturated heterocycles. The summed E-state index contributed by atoms with van der Waals surface area (Å²) >= 11 is 0. The van der Waals surface area contributed by atoms with Gasteiger partial charge in [-0.3, -0.25) is 9.52 Å². The molecule has 0 atom stereocenters. The van der Waals surface area contributed by atoms with Crippen molar-refractivity contribution in [2.75, 3.05) is 32.1 Å². The quantitative estimate of drug-likeness (QED) is 0.488. The molecule has 0 saturated carbocycles. The van der Waals surface area contributed by atoms with Crippen LogP contribution in [0, 0.1) is 0 Å². The van der Waals surface area contributed by atoms with Crippen molar-refractivity contribution in [1.29, 1.82) is 0 Å². The van der Waals surface area contributed by atoms with Crippen LogP contribution in [0.2, 0.25) is 0 Å². The van der Waals surface area contributed by atoms with E-state index in [0.717, 1.165) is 5.56 Å². The lowest BCUT2D eigenvalue weighted by Crippen LogP contribution is -2.27. The van der Waals surface area contributed by atoms with Crippen molar-refractivity contribution in [1.82, 2.24) is 15.3 Å². The zero-order chi connectivity index (χ0) is 22.3. The maximum absolute atomic E-state index is 12.8. The first-order valence-electron chi connectivity index (χ1n) is 9.29. The second kappa shape index (κ2) is 10.0. The third-order valence-electron chi connectivity index (χ3n) is 4.29. The van der Waals surface area contributed by atoms with Gasteiger partial charge in [0.2, 0.25) is 0 Å². The van der Waals surface area contributed by atoms with Crippen molar-refractivity contribution in [3.8, 4) is 17.0 Å². The molecule has 0 fully saturated rings. The van der Waals surface area contributed by atoms with Crippen LogP contribution in [0.1, 0.15) is 10.4 Å². The molecule has 0 aliphatic heterocycles. The normalized spacial score (nSPS) is 11.0. The number of carbonyl (C=O) groups excluding carboxylic acids is 1. The summed E-state index contributed by atoms with van der Waals surface area (Å²) in [6.07, 6.45) is 1.27. The molecular weight excluding hydrogens is 420 g/mol.